The second-order valence-electron chi connectivity index (χ2n) is 5.09. The number of nitrogens with zero attached hydrogens (tertiary/aromatic N) is 1. The molecule has 0 saturated heterocycles. The van der Waals surface area contributed by atoms with Gasteiger partial charge in [-0.2, -0.15) is 0 Å². The number of aryl methyl sites for hydroxylation is 1. The van der Waals surface area contributed by atoms with Gasteiger partial charge in [0.05, 0.1) is 0 Å². The molecular weight excluding hydrogens is 267 g/mol. The molecule has 0 aliphatic carbocycles. The van der Waals surface area contributed by atoms with Crippen LogP contribution in [0.1, 0.15) is 37.4 Å². The van der Waals surface area contributed by atoms with Crippen LogP contribution in [0.5, 0.6) is 11.6 Å². The lowest BCUT2D eigenvalue weighted by Crippen LogP contribution is -2.20. The van der Waals surface area contributed by atoms with Crippen LogP contribution in [-0.4, -0.2) is 11.5 Å². The minimum atomic E-state index is -0.315. The molecule has 2 aromatic rings. The highest BCUT2D eigenvalue weighted by Gasteiger charge is 2.13. The number of pyridine rings is 1. The third-order valence-electron chi connectivity index (χ3n) is 3.32. The molecule has 3 nitrogen and oxygen atoms in total. The maximum Gasteiger partial charge on any atom is 0.223 e. The lowest BCUT2D eigenvalue weighted by molar-refractivity contribution is 0.436. The normalized spacial score (nSPS) is 12.2. The van der Waals surface area contributed by atoms with Crippen LogP contribution >= 0.6 is 0 Å². The molecule has 1 unspecified atom stereocenters. The Hall–Kier alpha value is -1.94. The van der Waals surface area contributed by atoms with Crippen molar-refractivity contribution >= 4 is 0 Å². The standard InChI is InChI=1S/C17H21FN2O/c1-4-9-19-13(3)15-6-5-10-20-17(15)21-16-11-14(18)8-7-12(16)2/h5-8,10-11,13,19H,4,9H2,1-3H3. The van der Waals surface area contributed by atoms with Crippen molar-refractivity contribution in [3.8, 4) is 11.6 Å². The number of ether oxygens (including phenoxy) is 1. The summed E-state index contributed by atoms with van der Waals surface area (Å²) in [6, 6.07) is 8.49. The van der Waals surface area contributed by atoms with E-state index in [-0.39, 0.29) is 11.9 Å². The lowest BCUT2D eigenvalue weighted by atomic mass is 10.1. The van der Waals surface area contributed by atoms with Crippen LogP contribution in [0.2, 0.25) is 0 Å². The molecule has 112 valence electrons. The molecular formula is C17H21FN2O. The van der Waals surface area contributed by atoms with Crippen molar-refractivity contribution in [2.45, 2.75) is 33.2 Å². The molecule has 1 heterocycles. The summed E-state index contributed by atoms with van der Waals surface area (Å²) < 4.78 is 19.2. The Balaban J connectivity index is 2.25. The Labute approximate surface area is 125 Å². The zero-order valence-corrected chi connectivity index (χ0v) is 12.7. The Morgan fingerprint density at radius 3 is 2.90 bits per heavy atom. The van der Waals surface area contributed by atoms with Gasteiger partial charge in [0.2, 0.25) is 5.88 Å². The summed E-state index contributed by atoms with van der Waals surface area (Å²) in [6.45, 7) is 7.00. The topological polar surface area (TPSA) is 34.2 Å². The van der Waals surface area contributed by atoms with Gasteiger partial charge >= 0.3 is 0 Å². The van der Waals surface area contributed by atoms with Crippen LogP contribution in [0.15, 0.2) is 36.5 Å². The van der Waals surface area contributed by atoms with Gasteiger partial charge in [-0.25, -0.2) is 9.37 Å². The SMILES string of the molecule is CCCNC(C)c1cccnc1Oc1cc(F)ccc1C. The fourth-order valence-electron chi connectivity index (χ4n) is 2.08. The summed E-state index contributed by atoms with van der Waals surface area (Å²) in [7, 11) is 0. The minimum absolute atomic E-state index is 0.127. The molecule has 0 bridgehead atoms. The number of hydrogen-bond acceptors (Lipinski definition) is 3. The molecule has 0 aliphatic rings. The second kappa shape index (κ2) is 7.18. The van der Waals surface area contributed by atoms with E-state index in [1.165, 1.54) is 12.1 Å². The maximum absolute atomic E-state index is 13.4. The van der Waals surface area contributed by atoms with Crippen molar-refractivity contribution in [3.05, 3.63) is 53.5 Å². The van der Waals surface area contributed by atoms with Gasteiger partial charge in [0.1, 0.15) is 11.6 Å². The average molecular weight is 288 g/mol. The first kappa shape index (κ1) is 15.4. The Morgan fingerprint density at radius 1 is 1.33 bits per heavy atom. The van der Waals surface area contributed by atoms with E-state index in [1.54, 1.807) is 12.3 Å². The number of hydrogen-bond donors (Lipinski definition) is 1. The van der Waals surface area contributed by atoms with Crippen molar-refractivity contribution in [1.82, 2.24) is 10.3 Å². The van der Waals surface area contributed by atoms with Gasteiger partial charge in [-0.05, 0) is 44.5 Å². The molecule has 0 fully saturated rings. The van der Waals surface area contributed by atoms with Crippen LogP contribution < -0.4 is 10.1 Å². The van der Waals surface area contributed by atoms with Crippen LogP contribution in [0.25, 0.3) is 0 Å². The Bertz CT molecular complexity index is 601. The summed E-state index contributed by atoms with van der Waals surface area (Å²) in [4.78, 5) is 4.29. The summed E-state index contributed by atoms with van der Waals surface area (Å²) in [5.74, 6) is 0.699. The van der Waals surface area contributed by atoms with E-state index in [2.05, 4.69) is 24.1 Å². The van der Waals surface area contributed by atoms with E-state index in [0.29, 0.717) is 11.6 Å². The van der Waals surface area contributed by atoms with Crippen molar-refractivity contribution in [3.63, 3.8) is 0 Å². The van der Waals surface area contributed by atoms with Crippen LogP contribution in [0, 0.1) is 12.7 Å². The first-order valence-corrected chi connectivity index (χ1v) is 7.24. The van der Waals surface area contributed by atoms with Gasteiger partial charge in [-0.1, -0.05) is 19.1 Å². The van der Waals surface area contributed by atoms with Crippen LogP contribution in [0.3, 0.4) is 0 Å². The highest BCUT2D eigenvalue weighted by molar-refractivity contribution is 5.38. The van der Waals surface area contributed by atoms with E-state index < -0.39 is 0 Å². The predicted molar refractivity (Wildman–Crippen MR) is 82.2 cm³/mol. The monoisotopic (exact) mass is 288 g/mol. The summed E-state index contributed by atoms with van der Waals surface area (Å²) in [6.07, 6.45) is 2.74. The Morgan fingerprint density at radius 2 is 2.14 bits per heavy atom. The van der Waals surface area contributed by atoms with Gasteiger partial charge < -0.3 is 10.1 Å². The first-order valence-electron chi connectivity index (χ1n) is 7.24. The molecule has 0 spiro atoms. The molecule has 2 rings (SSSR count). The van der Waals surface area contributed by atoms with Gasteiger partial charge in [-0.15, -0.1) is 0 Å². The van der Waals surface area contributed by atoms with Gasteiger partial charge in [-0.3, -0.25) is 0 Å². The largest absolute Gasteiger partial charge is 0.438 e. The molecule has 1 N–H and O–H groups in total. The van der Waals surface area contributed by atoms with E-state index in [4.69, 9.17) is 4.74 Å². The minimum Gasteiger partial charge on any atom is -0.438 e. The highest BCUT2D eigenvalue weighted by Crippen LogP contribution is 2.29. The smallest absolute Gasteiger partial charge is 0.223 e. The van der Waals surface area contributed by atoms with Crippen LogP contribution in [0.4, 0.5) is 4.39 Å². The van der Waals surface area contributed by atoms with E-state index in [1.807, 2.05) is 19.1 Å². The van der Waals surface area contributed by atoms with Gasteiger partial charge in [0.15, 0.2) is 0 Å². The number of aromatic nitrogens is 1. The maximum atomic E-state index is 13.4. The van der Waals surface area contributed by atoms with Crippen molar-refractivity contribution in [1.29, 1.82) is 0 Å². The zero-order chi connectivity index (χ0) is 15.2. The molecule has 21 heavy (non-hydrogen) atoms. The molecule has 0 aliphatic heterocycles. The molecule has 0 amide bonds. The number of nitrogens with one attached hydrogen (secondary N) is 1. The molecule has 4 heteroatoms. The second-order valence-corrected chi connectivity index (χ2v) is 5.09. The van der Waals surface area contributed by atoms with Crippen molar-refractivity contribution < 1.29 is 9.13 Å². The van der Waals surface area contributed by atoms with Crippen molar-refractivity contribution in [2.24, 2.45) is 0 Å². The predicted octanol–water partition coefficient (Wildman–Crippen LogP) is 4.38. The third kappa shape index (κ3) is 4.02. The molecule has 0 saturated carbocycles. The van der Waals surface area contributed by atoms with E-state index in [0.717, 1.165) is 24.1 Å². The molecule has 1 atom stereocenters. The molecule has 1 aromatic heterocycles. The van der Waals surface area contributed by atoms with Crippen LogP contribution in [-0.2, 0) is 0 Å². The zero-order valence-electron chi connectivity index (χ0n) is 12.7. The van der Waals surface area contributed by atoms with E-state index in [9.17, 15) is 4.39 Å². The lowest BCUT2D eigenvalue weighted by Gasteiger charge is -2.17. The highest BCUT2D eigenvalue weighted by atomic mass is 19.1. The number of halogens is 1. The summed E-state index contributed by atoms with van der Waals surface area (Å²) in [5.41, 5.74) is 1.84. The third-order valence-corrected chi connectivity index (χ3v) is 3.32. The molecule has 1 aromatic carbocycles. The van der Waals surface area contributed by atoms with Gasteiger partial charge in [0.25, 0.3) is 0 Å². The fourth-order valence-corrected chi connectivity index (χ4v) is 2.08. The average Bonchev–Trinajstić information content (AvgIpc) is 2.49. The van der Waals surface area contributed by atoms with Gasteiger partial charge in [0, 0.05) is 23.9 Å². The summed E-state index contributed by atoms with van der Waals surface area (Å²) >= 11 is 0. The fraction of sp³-hybridized carbons (Fsp3) is 0.353. The first-order chi connectivity index (χ1) is 10.1. The number of rotatable bonds is 6. The summed E-state index contributed by atoms with van der Waals surface area (Å²) in [5, 5.41) is 3.41. The molecule has 0 radical (unpaired) electrons. The van der Waals surface area contributed by atoms with E-state index >= 15 is 0 Å². The number of benzene rings is 1. The van der Waals surface area contributed by atoms with Crippen molar-refractivity contribution in [2.75, 3.05) is 6.54 Å². The quantitative estimate of drug-likeness (QED) is 0.856. The Kier molecular flexibility index (Phi) is 5.28.